The Balaban J connectivity index is 1.26. The van der Waals surface area contributed by atoms with Crippen molar-refractivity contribution < 1.29 is 19.1 Å². The number of hydrogen-bond acceptors (Lipinski definition) is 8. The number of fused-ring (bicyclic) bond motifs is 2. The third-order valence-corrected chi connectivity index (χ3v) is 4.37. The van der Waals surface area contributed by atoms with Crippen molar-refractivity contribution in [3.63, 3.8) is 0 Å². The van der Waals surface area contributed by atoms with E-state index < -0.39 is 11.9 Å². The Kier molecular flexibility index (Phi) is 4.90. The van der Waals surface area contributed by atoms with Crippen molar-refractivity contribution in [3.8, 4) is 0 Å². The summed E-state index contributed by atoms with van der Waals surface area (Å²) >= 11 is 0. The molecule has 4 rings (SSSR count). The number of carbonyl (C=O) groups excluding carboxylic acids is 2. The van der Waals surface area contributed by atoms with Gasteiger partial charge in [0.2, 0.25) is 0 Å². The molecule has 0 saturated heterocycles. The van der Waals surface area contributed by atoms with Gasteiger partial charge in [-0.2, -0.15) is 0 Å². The van der Waals surface area contributed by atoms with Gasteiger partial charge in [0.15, 0.2) is 11.3 Å². The molecule has 4 aromatic heterocycles. The normalized spacial score (nSPS) is 11.1. The molecule has 0 fully saturated rings. The Labute approximate surface area is 165 Å². The van der Waals surface area contributed by atoms with Gasteiger partial charge in [-0.3, -0.25) is 8.80 Å². The first-order valence-electron chi connectivity index (χ1n) is 9.00. The molecule has 0 N–H and O–H groups in total. The SMILES string of the molecule is Cc1nnc2ccc(C(=O)OCCCOC(=O)c3ccc4nnc(C)n4c3)cn12. The fraction of sp³-hybridized carbons (Fsp3) is 0.263. The van der Waals surface area contributed by atoms with E-state index >= 15 is 0 Å². The molecule has 0 radical (unpaired) electrons. The average molecular weight is 394 g/mol. The number of esters is 2. The average Bonchev–Trinajstić information content (AvgIpc) is 3.29. The van der Waals surface area contributed by atoms with Crippen LogP contribution < -0.4 is 0 Å². The summed E-state index contributed by atoms with van der Waals surface area (Å²) in [6.07, 6.45) is 3.66. The van der Waals surface area contributed by atoms with Crippen molar-refractivity contribution in [2.75, 3.05) is 13.2 Å². The van der Waals surface area contributed by atoms with Crippen LogP contribution in [0.5, 0.6) is 0 Å². The molecule has 0 spiro atoms. The van der Waals surface area contributed by atoms with Crippen LogP contribution in [0.2, 0.25) is 0 Å². The minimum atomic E-state index is -0.458. The van der Waals surface area contributed by atoms with Crippen molar-refractivity contribution >= 4 is 23.2 Å². The summed E-state index contributed by atoms with van der Waals surface area (Å²) in [7, 11) is 0. The second kappa shape index (κ2) is 7.66. The topological polar surface area (TPSA) is 113 Å². The summed E-state index contributed by atoms with van der Waals surface area (Å²) in [6, 6.07) is 6.67. The molecule has 10 heteroatoms. The van der Waals surface area contributed by atoms with Gasteiger partial charge in [0.05, 0.1) is 24.3 Å². The molecule has 0 atom stereocenters. The molecule has 148 valence electrons. The van der Waals surface area contributed by atoms with Gasteiger partial charge in [0.1, 0.15) is 11.6 Å². The quantitative estimate of drug-likeness (QED) is 0.359. The van der Waals surface area contributed by atoms with Gasteiger partial charge in [-0.15, -0.1) is 20.4 Å². The molecular formula is C19H18N6O4. The van der Waals surface area contributed by atoms with Gasteiger partial charge in [0, 0.05) is 18.8 Å². The molecule has 0 aliphatic carbocycles. The third-order valence-electron chi connectivity index (χ3n) is 4.37. The molecule has 4 aromatic rings. The molecule has 29 heavy (non-hydrogen) atoms. The Hall–Kier alpha value is -3.82. The minimum Gasteiger partial charge on any atom is -0.462 e. The van der Waals surface area contributed by atoms with Gasteiger partial charge in [-0.25, -0.2) is 9.59 Å². The lowest BCUT2D eigenvalue weighted by molar-refractivity contribution is 0.0395. The fourth-order valence-corrected chi connectivity index (χ4v) is 2.81. The van der Waals surface area contributed by atoms with Crippen LogP contribution in [0.4, 0.5) is 0 Å². The number of aromatic nitrogens is 6. The molecule has 4 heterocycles. The summed E-state index contributed by atoms with van der Waals surface area (Å²) in [6.45, 7) is 3.86. The number of pyridine rings is 2. The van der Waals surface area contributed by atoms with Crippen molar-refractivity contribution in [2.24, 2.45) is 0 Å². The van der Waals surface area contributed by atoms with E-state index in [1.807, 2.05) is 0 Å². The molecular weight excluding hydrogens is 376 g/mol. The molecule has 0 aliphatic rings. The maximum absolute atomic E-state index is 12.2. The first-order chi connectivity index (χ1) is 14.0. The highest BCUT2D eigenvalue weighted by molar-refractivity contribution is 5.90. The van der Waals surface area contributed by atoms with Crippen LogP contribution in [0, 0.1) is 13.8 Å². The second-order valence-electron chi connectivity index (χ2n) is 6.41. The standard InChI is InChI=1S/C19H18N6O4/c1-12-20-22-16-6-4-14(10-24(12)16)18(26)28-8-3-9-29-19(27)15-5-7-17-23-21-13(2)25(17)11-15/h4-7,10-11H,3,8-9H2,1-2H3. The van der Waals surface area contributed by atoms with Crippen LogP contribution in [0.3, 0.4) is 0 Å². The zero-order valence-corrected chi connectivity index (χ0v) is 15.9. The molecule has 0 amide bonds. The van der Waals surface area contributed by atoms with Crippen molar-refractivity contribution in [2.45, 2.75) is 20.3 Å². The Morgan fingerprint density at radius 2 is 1.21 bits per heavy atom. The van der Waals surface area contributed by atoms with Crippen LogP contribution in [0.1, 0.15) is 38.8 Å². The van der Waals surface area contributed by atoms with E-state index in [-0.39, 0.29) is 13.2 Å². The zero-order valence-electron chi connectivity index (χ0n) is 15.9. The molecule has 0 aromatic carbocycles. The molecule has 0 saturated carbocycles. The number of hydrogen-bond donors (Lipinski definition) is 0. The van der Waals surface area contributed by atoms with Gasteiger partial charge >= 0.3 is 11.9 Å². The monoisotopic (exact) mass is 394 g/mol. The number of rotatable bonds is 6. The van der Waals surface area contributed by atoms with Crippen LogP contribution in [0.25, 0.3) is 11.3 Å². The molecule has 10 nitrogen and oxygen atoms in total. The summed E-state index contributed by atoms with van der Waals surface area (Å²) in [5.74, 6) is 0.447. The van der Waals surface area contributed by atoms with Gasteiger partial charge in [0.25, 0.3) is 0 Å². The van der Waals surface area contributed by atoms with Gasteiger partial charge in [-0.05, 0) is 38.1 Å². The first-order valence-corrected chi connectivity index (χ1v) is 9.00. The van der Waals surface area contributed by atoms with E-state index in [2.05, 4.69) is 20.4 Å². The zero-order chi connectivity index (χ0) is 20.4. The first kappa shape index (κ1) is 18.5. The van der Waals surface area contributed by atoms with E-state index in [9.17, 15) is 9.59 Å². The van der Waals surface area contributed by atoms with E-state index in [1.165, 1.54) is 0 Å². The van der Waals surface area contributed by atoms with Crippen LogP contribution in [-0.2, 0) is 9.47 Å². The maximum Gasteiger partial charge on any atom is 0.339 e. The number of aryl methyl sites for hydroxylation is 2. The van der Waals surface area contributed by atoms with E-state index in [1.54, 1.807) is 59.3 Å². The summed E-state index contributed by atoms with van der Waals surface area (Å²) < 4.78 is 13.9. The summed E-state index contributed by atoms with van der Waals surface area (Å²) in [5.41, 5.74) is 2.11. The predicted octanol–water partition coefficient (Wildman–Crippen LogP) is 1.79. The molecule has 0 unspecified atom stereocenters. The van der Waals surface area contributed by atoms with Gasteiger partial charge < -0.3 is 9.47 Å². The molecule has 0 aliphatic heterocycles. The lowest BCUT2D eigenvalue weighted by Crippen LogP contribution is -2.12. The summed E-state index contributed by atoms with van der Waals surface area (Å²) in [4.78, 5) is 24.3. The highest BCUT2D eigenvalue weighted by Gasteiger charge is 2.12. The Morgan fingerprint density at radius 1 is 0.759 bits per heavy atom. The largest absolute Gasteiger partial charge is 0.462 e. The Morgan fingerprint density at radius 3 is 1.66 bits per heavy atom. The lowest BCUT2D eigenvalue weighted by Gasteiger charge is -2.07. The number of carbonyl (C=O) groups is 2. The smallest absolute Gasteiger partial charge is 0.339 e. The number of nitrogens with zero attached hydrogens (tertiary/aromatic N) is 6. The van der Waals surface area contributed by atoms with Crippen LogP contribution >= 0.6 is 0 Å². The van der Waals surface area contributed by atoms with Crippen molar-refractivity contribution in [1.29, 1.82) is 0 Å². The van der Waals surface area contributed by atoms with Gasteiger partial charge in [-0.1, -0.05) is 0 Å². The van der Waals surface area contributed by atoms with Crippen LogP contribution in [0.15, 0.2) is 36.7 Å². The third kappa shape index (κ3) is 3.77. The fourth-order valence-electron chi connectivity index (χ4n) is 2.81. The number of ether oxygens (including phenoxy) is 2. The second-order valence-corrected chi connectivity index (χ2v) is 6.41. The lowest BCUT2D eigenvalue weighted by atomic mass is 10.3. The van der Waals surface area contributed by atoms with Crippen LogP contribution in [-0.4, -0.2) is 54.3 Å². The Bertz CT molecular complexity index is 1120. The highest BCUT2D eigenvalue weighted by Crippen LogP contribution is 2.09. The molecule has 0 bridgehead atoms. The predicted molar refractivity (Wildman–Crippen MR) is 101 cm³/mol. The highest BCUT2D eigenvalue weighted by atomic mass is 16.5. The van der Waals surface area contributed by atoms with E-state index in [0.717, 1.165) is 0 Å². The minimum absolute atomic E-state index is 0.134. The van der Waals surface area contributed by atoms with E-state index in [0.29, 0.717) is 40.5 Å². The van der Waals surface area contributed by atoms with Crippen molar-refractivity contribution in [1.82, 2.24) is 29.2 Å². The van der Waals surface area contributed by atoms with Crippen molar-refractivity contribution in [3.05, 3.63) is 59.4 Å². The summed E-state index contributed by atoms with van der Waals surface area (Å²) in [5, 5.41) is 15.8. The van der Waals surface area contributed by atoms with E-state index in [4.69, 9.17) is 9.47 Å². The maximum atomic E-state index is 12.2.